The molecule has 0 radical (unpaired) electrons. The normalized spacial score (nSPS) is 19.5. The van der Waals surface area contributed by atoms with Crippen molar-refractivity contribution in [1.29, 1.82) is 0 Å². The van der Waals surface area contributed by atoms with Gasteiger partial charge in [-0.2, -0.15) is 0 Å². The summed E-state index contributed by atoms with van der Waals surface area (Å²) in [6.45, 7) is 1.43. The maximum atomic E-state index is 12.6. The minimum atomic E-state index is -0.157. The Hall–Kier alpha value is -3.09. The number of ether oxygens (including phenoxy) is 1. The summed E-state index contributed by atoms with van der Waals surface area (Å²) in [7, 11) is 0. The van der Waals surface area contributed by atoms with E-state index >= 15 is 0 Å². The predicted octanol–water partition coefficient (Wildman–Crippen LogP) is 4.35. The van der Waals surface area contributed by atoms with Gasteiger partial charge in [0, 0.05) is 18.7 Å². The molecule has 1 aromatic carbocycles. The summed E-state index contributed by atoms with van der Waals surface area (Å²) in [6, 6.07) is 14.2. The van der Waals surface area contributed by atoms with Crippen LogP contribution in [-0.4, -0.2) is 50.8 Å². The molecule has 7 heteroatoms. The Labute approximate surface area is 176 Å². The Morgan fingerprint density at radius 3 is 2.73 bits per heavy atom. The molecule has 156 valence electrons. The number of likely N-dealkylation sites (tertiary alicyclic amines) is 1. The molecule has 1 saturated carbocycles. The highest BCUT2D eigenvalue weighted by molar-refractivity contribution is 5.69. The van der Waals surface area contributed by atoms with Gasteiger partial charge in [-0.05, 0) is 50.7 Å². The number of nitrogens with one attached hydrogen (secondary N) is 1. The van der Waals surface area contributed by atoms with Crippen LogP contribution in [0.25, 0.3) is 16.9 Å². The van der Waals surface area contributed by atoms with Crippen LogP contribution in [0.5, 0.6) is 0 Å². The van der Waals surface area contributed by atoms with E-state index in [-0.39, 0.29) is 18.2 Å². The highest BCUT2D eigenvalue weighted by atomic mass is 16.6. The third-order valence-electron chi connectivity index (χ3n) is 6.13. The molecule has 3 aromatic rings. The van der Waals surface area contributed by atoms with Crippen LogP contribution in [0, 0.1) is 0 Å². The number of anilines is 1. The van der Waals surface area contributed by atoms with Gasteiger partial charge < -0.3 is 15.0 Å². The van der Waals surface area contributed by atoms with E-state index in [1.54, 1.807) is 0 Å². The summed E-state index contributed by atoms with van der Waals surface area (Å²) < 4.78 is 7.58. The molecule has 0 spiro atoms. The number of aromatic nitrogens is 3. The molecule has 1 N–H and O–H groups in total. The van der Waals surface area contributed by atoms with Crippen LogP contribution in [0.3, 0.4) is 0 Å². The Morgan fingerprint density at radius 2 is 1.90 bits per heavy atom. The van der Waals surface area contributed by atoms with Crippen LogP contribution < -0.4 is 5.32 Å². The van der Waals surface area contributed by atoms with Gasteiger partial charge in [-0.25, -0.2) is 14.3 Å². The molecule has 2 fully saturated rings. The fourth-order valence-corrected chi connectivity index (χ4v) is 4.50. The first-order valence-corrected chi connectivity index (χ1v) is 10.9. The molecule has 0 bridgehead atoms. The van der Waals surface area contributed by atoms with Crippen molar-refractivity contribution in [2.24, 2.45) is 0 Å². The smallest absolute Gasteiger partial charge is 0.410 e. The maximum Gasteiger partial charge on any atom is 0.410 e. The zero-order valence-electron chi connectivity index (χ0n) is 17.0. The number of rotatable bonds is 5. The number of hydrogen-bond acceptors (Lipinski definition) is 5. The lowest BCUT2D eigenvalue weighted by molar-refractivity contribution is 0.0633. The molecular weight excluding hydrogens is 378 g/mol. The molecule has 1 amide bonds. The fourth-order valence-electron chi connectivity index (χ4n) is 4.50. The van der Waals surface area contributed by atoms with Gasteiger partial charge in [-0.1, -0.05) is 30.3 Å². The second kappa shape index (κ2) is 8.34. The summed E-state index contributed by atoms with van der Waals surface area (Å²) in [5.41, 5.74) is 2.84. The number of nitrogens with zero attached hydrogens (tertiary/aromatic N) is 4. The van der Waals surface area contributed by atoms with Crippen molar-refractivity contribution in [3.8, 4) is 11.3 Å². The largest absolute Gasteiger partial charge is 0.446 e. The van der Waals surface area contributed by atoms with Gasteiger partial charge in [0.05, 0.1) is 17.9 Å². The monoisotopic (exact) mass is 405 g/mol. The van der Waals surface area contributed by atoms with Crippen molar-refractivity contribution in [3.63, 3.8) is 0 Å². The first-order valence-electron chi connectivity index (χ1n) is 10.9. The standard InChI is InChI=1S/C23H27N5O2/c29-23(30-19-10-4-5-11-19)27-14-6-9-18(27)15-24-21-12-13-22-25-16-20(28(22)26-21)17-7-2-1-3-8-17/h1-3,7-8,12-13,16,18-19H,4-6,9-11,14-15H2,(H,24,26)/t18-/m0/s1. The van der Waals surface area contributed by atoms with Crippen LogP contribution in [0.15, 0.2) is 48.7 Å². The second-order valence-corrected chi connectivity index (χ2v) is 8.16. The first kappa shape index (κ1) is 18.9. The number of carbonyl (C=O) groups excluding carboxylic acids is 1. The van der Waals surface area contributed by atoms with Crippen molar-refractivity contribution in [1.82, 2.24) is 19.5 Å². The lowest BCUT2D eigenvalue weighted by Gasteiger charge is -2.26. The number of carbonyl (C=O) groups is 1. The fraction of sp³-hybridized carbons (Fsp3) is 0.435. The lowest BCUT2D eigenvalue weighted by Crippen LogP contribution is -2.41. The van der Waals surface area contributed by atoms with Gasteiger partial charge in [0.2, 0.25) is 0 Å². The number of benzene rings is 1. The van der Waals surface area contributed by atoms with Gasteiger partial charge in [-0.3, -0.25) is 0 Å². The summed E-state index contributed by atoms with van der Waals surface area (Å²) in [6.07, 6.45) is 8.12. The molecule has 30 heavy (non-hydrogen) atoms. The summed E-state index contributed by atoms with van der Waals surface area (Å²) in [4.78, 5) is 19.0. The molecule has 1 aliphatic heterocycles. The van der Waals surface area contributed by atoms with E-state index in [1.807, 2.05) is 45.9 Å². The van der Waals surface area contributed by atoms with E-state index in [4.69, 9.17) is 9.84 Å². The van der Waals surface area contributed by atoms with Crippen molar-refractivity contribution in [2.75, 3.05) is 18.4 Å². The molecule has 7 nitrogen and oxygen atoms in total. The SMILES string of the molecule is O=C(OC1CCCC1)N1CCC[C@H]1CNc1ccc2ncc(-c3ccccc3)n2n1. The van der Waals surface area contributed by atoms with Crippen molar-refractivity contribution in [3.05, 3.63) is 48.7 Å². The molecule has 2 aliphatic rings. The topological polar surface area (TPSA) is 71.8 Å². The number of amides is 1. The zero-order chi connectivity index (χ0) is 20.3. The van der Waals surface area contributed by atoms with Gasteiger partial charge >= 0.3 is 6.09 Å². The highest BCUT2D eigenvalue weighted by Crippen LogP contribution is 2.25. The van der Waals surface area contributed by atoms with Crippen LogP contribution in [-0.2, 0) is 4.74 Å². The Kier molecular flexibility index (Phi) is 5.26. The van der Waals surface area contributed by atoms with Crippen LogP contribution in [0.1, 0.15) is 38.5 Å². The van der Waals surface area contributed by atoms with E-state index in [1.165, 1.54) is 0 Å². The molecule has 1 saturated heterocycles. The summed E-state index contributed by atoms with van der Waals surface area (Å²) in [5, 5.41) is 8.15. The zero-order valence-corrected chi connectivity index (χ0v) is 17.0. The van der Waals surface area contributed by atoms with E-state index in [0.29, 0.717) is 6.54 Å². The van der Waals surface area contributed by atoms with Gasteiger partial charge in [0.15, 0.2) is 5.65 Å². The quantitative estimate of drug-likeness (QED) is 0.683. The lowest BCUT2D eigenvalue weighted by atomic mass is 10.2. The summed E-state index contributed by atoms with van der Waals surface area (Å²) >= 11 is 0. The minimum absolute atomic E-state index is 0.105. The highest BCUT2D eigenvalue weighted by Gasteiger charge is 2.31. The maximum absolute atomic E-state index is 12.6. The van der Waals surface area contributed by atoms with Crippen LogP contribution >= 0.6 is 0 Å². The van der Waals surface area contributed by atoms with Crippen LogP contribution in [0.2, 0.25) is 0 Å². The first-order chi connectivity index (χ1) is 14.8. The molecule has 1 aliphatic carbocycles. The average Bonchev–Trinajstić information content (AvgIpc) is 3.53. The Bertz CT molecular complexity index is 1010. The number of fused-ring (bicyclic) bond motifs is 1. The molecule has 2 aromatic heterocycles. The molecule has 0 unspecified atom stereocenters. The van der Waals surface area contributed by atoms with Crippen molar-refractivity contribution < 1.29 is 9.53 Å². The summed E-state index contributed by atoms with van der Waals surface area (Å²) in [5.74, 6) is 0.772. The van der Waals surface area contributed by atoms with E-state index in [9.17, 15) is 4.79 Å². The number of imidazole rings is 1. The van der Waals surface area contributed by atoms with Gasteiger partial charge in [-0.15, -0.1) is 5.10 Å². The van der Waals surface area contributed by atoms with Crippen molar-refractivity contribution >= 4 is 17.6 Å². The molecule has 5 rings (SSSR count). The molecule has 3 heterocycles. The molecular formula is C23H27N5O2. The minimum Gasteiger partial charge on any atom is -0.446 e. The van der Waals surface area contributed by atoms with E-state index in [0.717, 1.165) is 67.8 Å². The van der Waals surface area contributed by atoms with E-state index < -0.39 is 0 Å². The Morgan fingerprint density at radius 1 is 1.07 bits per heavy atom. The van der Waals surface area contributed by atoms with Gasteiger partial charge in [0.1, 0.15) is 11.9 Å². The molecule has 1 atom stereocenters. The Balaban J connectivity index is 1.27. The average molecular weight is 406 g/mol. The second-order valence-electron chi connectivity index (χ2n) is 8.16. The third kappa shape index (κ3) is 3.84. The van der Waals surface area contributed by atoms with E-state index in [2.05, 4.69) is 22.4 Å². The van der Waals surface area contributed by atoms with Gasteiger partial charge in [0.25, 0.3) is 0 Å². The number of hydrogen-bond donors (Lipinski definition) is 1. The predicted molar refractivity (Wildman–Crippen MR) is 115 cm³/mol. The van der Waals surface area contributed by atoms with Crippen LogP contribution in [0.4, 0.5) is 10.6 Å². The van der Waals surface area contributed by atoms with Crippen molar-refractivity contribution in [2.45, 2.75) is 50.7 Å². The third-order valence-corrected chi connectivity index (χ3v) is 6.13.